The highest BCUT2D eigenvalue weighted by Crippen LogP contribution is 2.34. The molecule has 1 saturated carbocycles. The van der Waals surface area contributed by atoms with Crippen LogP contribution in [0.25, 0.3) is 11.1 Å². The number of ether oxygens (including phenoxy) is 1. The summed E-state index contributed by atoms with van der Waals surface area (Å²) in [6.45, 7) is 5.47. The number of nitrogens with zero attached hydrogens (tertiary/aromatic N) is 3. The number of nitrogens with two attached hydrogens (primary N) is 1. The fourth-order valence-electron chi connectivity index (χ4n) is 7.23. The minimum atomic E-state index is -1.52. The molecule has 0 spiro atoms. The Morgan fingerprint density at radius 2 is 1.68 bits per heavy atom. The lowest BCUT2D eigenvalue weighted by Crippen LogP contribution is -2.60. The molecular weight excluding hydrogens is 773 g/mol. The van der Waals surface area contributed by atoms with Gasteiger partial charge in [-0.25, -0.2) is 4.68 Å². The molecule has 5 amide bonds. The number of rotatable bonds is 12. The quantitative estimate of drug-likeness (QED) is 0.0870. The van der Waals surface area contributed by atoms with Crippen LogP contribution in [0.2, 0.25) is 0 Å². The molecule has 0 radical (unpaired) electrons. The monoisotopic (exact) mass is 825 g/mol. The maximum absolute atomic E-state index is 13.7. The first-order valence-electron chi connectivity index (χ1n) is 20.3. The van der Waals surface area contributed by atoms with Gasteiger partial charge in [-0.3, -0.25) is 24.0 Å². The summed E-state index contributed by atoms with van der Waals surface area (Å²) in [5.74, 6) is 1.09. The van der Waals surface area contributed by atoms with Crippen molar-refractivity contribution in [3.8, 4) is 23.0 Å². The Balaban J connectivity index is 1.06. The number of hydrogen-bond donors (Lipinski definition) is 7. The summed E-state index contributed by atoms with van der Waals surface area (Å²) in [5.41, 5.74) is 8.74. The number of aromatic nitrogens is 3. The lowest BCUT2D eigenvalue weighted by atomic mass is 9.79. The molecule has 3 aliphatic heterocycles. The number of aliphatic hydroxyl groups is 1. The number of fused-ring (bicyclic) bond motifs is 6. The van der Waals surface area contributed by atoms with Crippen molar-refractivity contribution in [1.29, 1.82) is 0 Å². The largest absolute Gasteiger partial charge is 0.481 e. The fourth-order valence-corrected chi connectivity index (χ4v) is 7.23. The first-order valence-corrected chi connectivity index (χ1v) is 20.3. The van der Waals surface area contributed by atoms with Gasteiger partial charge < -0.3 is 51.5 Å². The predicted molar refractivity (Wildman–Crippen MR) is 218 cm³/mol. The Hall–Kier alpha value is -5.65. The number of amides is 5. The van der Waals surface area contributed by atoms with E-state index < -0.39 is 72.9 Å². The van der Waals surface area contributed by atoms with Crippen LogP contribution in [0.4, 0.5) is 0 Å². The summed E-state index contributed by atoms with van der Waals surface area (Å²) in [7, 11) is -0.694. The van der Waals surface area contributed by atoms with Crippen LogP contribution in [0.3, 0.4) is 0 Å². The summed E-state index contributed by atoms with van der Waals surface area (Å²) in [5, 5.41) is 32.0. The third-order valence-corrected chi connectivity index (χ3v) is 10.6. The SMILES string of the molecule is C[C@@H]1NC(=O)[C@@H](NC(=O)[C@H](C)NC(=O)[C@@H](NC(=O)[C@H](CCCN)NC(=O)C#Cc2ccc(-c3ccccc3)cc2)[C@@H](C)O)Cc2cn(nn2)CCOC2C[C@@H]3OB1O[C@@H]3C2. The zero-order valence-corrected chi connectivity index (χ0v) is 33.8. The summed E-state index contributed by atoms with van der Waals surface area (Å²) >= 11 is 0. The molecule has 7 rings (SSSR count). The van der Waals surface area contributed by atoms with Gasteiger partial charge in [-0.2, -0.15) is 0 Å². The van der Waals surface area contributed by atoms with E-state index in [2.05, 4.69) is 48.7 Å². The van der Waals surface area contributed by atoms with Crippen LogP contribution >= 0.6 is 0 Å². The number of carbonyl (C=O) groups is 5. The number of benzene rings is 2. The first kappa shape index (κ1) is 43.9. The molecule has 9 atom stereocenters. The molecule has 19 heteroatoms. The number of aliphatic hydroxyl groups excluding tert-OH is 1. The van der Waals surface area contributed by atoms with Crippen LogP contribution in [0.5, 0.6) is 0 Å². The Bertz CT molecular complexity index is 2030. The van der Waals surface area contributed by atoms with Crippen molar-refractivity contribution in [2.24, 2.45) is 5.73 Å². The van der Waals surface area contributed by atoms with Crippen molar-refractivity contribution in [1.82, 2.24) is 41.6 Å². The Kier molecular flexibility index (Phi) is 15.0. The van der Waals surface area contributed by atoms with Crippen molar-refractivity contribution in [2.75, 3.05) is 13.2 Å². The van der Waals surface area contributed by atoms with Crippen molar-refractivity contribution >= 4 is 36.7 Å². The summed E-state index contributed by atoms with van der Waals surface area (Å²) < 4.78 is 19.8. The van der Waals surface area contributed by atoms with Crippen molar-refractivity contribution < 1.29 is 43.1 Å². The second-order valence-corrected chi connectivity index (χ2v) is 15.3. The van der Waals surface area contributed by atoms with Gasteiger partial charge in [0.15, 0.2) is 0 Å². The molecule has 6 bridgehead atoms. The Morgan fingerprint density at radius 3 is 2.37 bits per heavy atom. The smallest absolute Gasteiger partial charge is 0.404 e. The summed E-state index contributed by atoms with van der Waals surface area (Å²) in [6, 6.07) is 12.1. The lowest BCUT2D eigenvalue weighted by molar-refractivity contribution is -0.135. The molecule has 1 saturated heterocycles. The molecule has 318 valence electrons. The minimum absolute atomic E-state index is 0.0109. The van der Waals surface area contributed by atoms with Crippen LogP contribution in [0.15, 0.2) is 60.8 Å². The van der Waals surface area contributed by atoms with E-state index in [1.807, 2.05) is 42.5 Å². The number of carbonyl (C=O) groups excluding carboxylic acids is 5. The topological polar surface area (TPSA) is 250 Å². The zero-order chi connectivity index (χ0) is 42.8. The van der Waals surface area contributed by atoms with E-state index in [1.54, 1.807) is 29.9 Å². The molecular formula is C41H52BN9O9. The predicted octanol–water partition coefficient (Wildman–Crippen LogP) is -0.873. The maximum Gasteiger partial charge on any atom is 0.481 e. The van der Waals surface area contributed by atoms with E-state index in [0.717, 1.165) is 11.1 Å². The van der Waals surface area contributed by atoms with Gasteiger partial charge in [-0.15, -0.1) is 5.10 Å². The second kappa shape index (κ2) is 20.6. The van der Waals surface area contributed by atoms with Gasteiger partial charge in [0.25, 0.3) is 5.91 Å². The third-order valence-electron chi connectivity index (χ3n) is 10.6. The Morgan fingerprint density at radius 1 is 0.983 bits per heavy atom. The average Bonchev–Trinajstić information content (AvgIpc) is 3.96. The van der Waals surface area contributed by atoms with Gasteiger partial charge in [-0.05, 0) is 63.4 Å². The van der Waals surface area contributed by atoms with Crippen molar-refractivity contribution in [3.63, 3.8) is 0 Å². The van der Waals surface area contributed by atoms with E-state index in [1.165, 1.54) is 13.8 Å². The second-order valence-electron chi connectivity index (χ2n) is 15.3. The highest BCUT2D eigenvalue weighted by Gasteiger charge is 2.49. The normalized spacial score (nSPS) is 23.2. The van der Waals surface area contributed by atoms with Gasteiger partial charge in [0.1, 0.15) is 24.2 Å². The van der Waals surface area contributed by atoms with E-state index >= 15 is 0 Å². The number of nitrogens with one attached hydrogen (secondary N) is 5. The molecule has 8 N–H and O–H groups in total. The van der Waals surface area contributed by atoms with Crippen molar-refractivity contribution in [3.05, 3.63) is 72.1 Å². The molecule has 60 heavy (non-hydrogen) atoms. The van der Waals surface area contributed by atoms with Crippen LogP contribution in [-0.2, 0) is 51.0 Å². The lowest BCUT2D eigenvalue weighted by Gasteiger charge is -2.26. The molecule has 1 unspecified atom stereocenters. The molecule has 2 aromatic carbocycles. The summed E-state index contributed by atoms with van der Waals surface area (Å²) in [6.07, 6.45) is 1.71. The van der Waals surface area contributed by atoms with Crippen molar-refractivity contribution in [2.45, 2.75) is 114 Å². The Labute approximate surface area is 348 Å². The highest BCUT2D eigenvalue weighted by molar-refractivity contribution is 6.47. The fraction of sp³-hybridized carbons (Fsp3) is 0.488. The molecule has 1 aromatic heterocycles. The average molecular weight is 826 g/mol. The van der Waals surface area contributed by atoms with Gasteiger partial charge in [-0.1, -0.05) is 53.6 Å². The van der Waals surface area contributed by atoms with Gasteiger partial charge in [0.2, 0.25) is 23.6 Å². The number of hydrogen-bond acceptors (Lipinski definition) is 12. The van der Waals surface area contributed by atoms with E-state index in [9.17, 15) is 29.1 Å². The van der Waals surface area contributed by atoms with Gasteiger partial charge in [0, 0.05) is 36.9 Å². The van der Waals surface area contributed by atoms with Crippen LogP contribution in [-0.4, -0.2) is 124 Å². The standard InChI is InChI=1S/C41H52BN9O9/c1-24(38(54)47-33-20-30-23-51(50-49-30)18-19-58-31-21-34-35(22-31)60-42(59-34)26(3)45-40(33)56)44-41(57)37(25(2)52)48-39(55)32(10-7-17-43)46-36(53)16-13-27-11-14-29(15-12-27)28-8-5-4-6-9-28/h4-6,8-9,11-12,14-15,23-26,31-35,37,52H,7,10,17-22,43H2,1-3H3,(H,44,57)(H,45,56)(H,46,53)(H,47,54)(H,48,55)/t24-,25+,26-,31?,32-,33-,34-,35+,37-/m0/s1. The van der Waals surface area contributed by atoms with Crippen LogP contribution < -0.4 is 32.3 Å². The van der Waals surface area contributed by atoms with Gasteiger partial charge >= 0.3 is 7.12 Å². The third kappa shape index (κ3) is 11.8. The molecule has 4 heterocycles. The molecule has 1 aliphatic carbocycles. The maximum atomic E-state index is 13.7. The zero-order valence-electron chi connectivity index (χ0n) is 33.8. The highest BCUT2D eigenvalue weighted by atomic mass is 16.7. The minimum Gasteiger partial charge on any atom is -0.404 e. The van der Waals surface area contributed by atoms with E-state index in [4.69, 9.17) is 19.8 Å². The summed E-state index contributed by atoms with van der Waals surface area (Å²) in [4.78, 5) is 67.1. The van der Waals surface area contributed by atoms with Crippen LogP contribution in [0, 0.1) is 11.8 Å². The molecule has 2 fully saturated rings. The molecule has 18 nitrogen and oxygen atoms in total. The van der Waals surface area contributed by atoms with E-state index in [-0.39, 0.29) is 37.7 Å². The molecule has 4 aliphatic rings. The molecule has 3 aromatic rings. The van der Waals surface area contributed by atoms with E-state index in [0.29, 0.717) is 43.7 Å². The van der Waals surface area contributed by atoms with Crippen LogP contribution in [0.1, 0.15) is 57.7 Å². The van der Waals surface area contributed by atoms with Gasteiger partial charge in [0.05, 0.1) is 49.2 Å². The first-order chi connectivity index (χ1) is 28.9.